The van der Waals surface area contributed by atoms with Crippen molar-refractivity contribution >= 4 is 38.5 Å². The van der Waals surface area contributed by atoms with Crippen LogP contribution in [0.3, 0.4) is 0 Å². The number of hydrogen-bond acceptors (Lipinski definition) is 3. The Bertz CT molecular complexity index is 386. The topological polar surface area (TPSA) is 31.4 Å². The van der Waals surface area contributed by atoms with Crippen LogP contribution in [0.1, 0.15) is 5.69 Å². The molecule has 16 heavy (non-hydrogen) atoms. The number of aromatic nitrogens is 1. The Hall–Kier alpha value is -0.250. The van der Waals surface area contributed by atoms with E-state index in [9.17, 15) is 13.2 Å². The Morgan fingerprint density at radius 1 is 1.50 bits per heavy atom. The predicted octanol–water partition coefficient (Wildman–Crippen LogP) is 3.49. The van der Waals surface area contributed by atoms with Crippen molar-refractivity contribution in [2.75, 3.05) is 7.11 Å². The number of halogens is 5. The molecule has 1 aromatic heterocycles. The van der Waals surface area contributed by atoms with Crippen LogP contribution < -0.4 is 9.47 Å². The van der Waals surface area contributed by atoms with Crippen LogP contribution in [0.2, 0.25) is 0 Å². The monoisotopic (exact) mass is 411 g/mol. The number of nitrogens with zero attached hydrogens (tertiary/aromatic N) is 1. The van der Waals surface area contributed by atoms with Crippen LogP contribution in [0.15, 0.2) is 6.07 Å². The van der Waals surface area contributed by atoms with Crippen LogP contribution >= 0.6 is 38.5 Å². The second-order valence-electron chi connectivity index (χ2n) is 2.61. The van der Waals surface area contributed by atoms with Gasteiger partial charge in [-0.1, -0.05) is 15.9 Å². The first-order valence-electron chi connectivity index (χ1n) is 3.92. The lowest BCUT2D eigenvalue weighted by Gasteiger charge is -2.13. The fourth-order valence-corrected chi connectivity index (χ4v) is 2.46. The molecule has 0 atom stereocenters. The van der Waals surface area contributed by atoms with Crippen molar-refractivity contribution < 1.29 is 22.6 Å². The lowest BCUT2D eigenvalue weighted by Crippen LogP contribution is -2.19. The van der Waals surface area contributed by atoms with E-state index in [-0.39, 0.29) is 5.75 Å². The molecule has 0 spiro atoms. The van der Waals surface area contributed by atoms with Crippen molar-refractivity contribution in [3.63, 3.8) is 0 Å². The minimum atomic E-state index is -4.78. The Balaban J connectivity index is 3.15. The minimum Gasteiger partial charge on any atom is -0.491 e. The summed E-state index contributed by atoms with van der Waals surface area (Å²) < 4.78 is 45.4. The molecule has 0 aliphatic heterocycles. The van der Waals surface area contributed by atoms with Crippen molar-refractivity contribution in [3.05, 3.63) is 15.3 Å². The Kier molecular flexibility index (Phi) is 4.65. The van der Waals surface area contributed by atoms with Gasteiger partial charge in [0, 0.05) is 15.0 Å². The molecule has 0 aromatic carbocycles. The molecule has 1 heterocycles. The Labute approximate surface area is 112 Å². The fourth-order valence-electron chi connectivity index (χ4n) is 0.914. The van der Waals surface area contributed by atoms with Crippen LogP contribution in [0.25, 0.3) is 0 Å². The largest absolute Gasteiger partial charge is 0.574 e. The van der Waals surface area contributed by atoms with Gasteiger partial charge in [-0.15, -0.1) is 13.2 Å². The standard InChI is InChI=1S/C8H6BrF3INO2/c1-15-6-2-4(13)5(3-9)14-7(6)16-8(10,11)12/h2H,3H2,1H3. The SMILES string of the molecule is COc1cc(I)c(CBr)nc1OC(F)(F)F. The number of pyridine rings is 1. The van der Waals surface area contributed by atoms with Crippen molar-refractivity contribution in [2.24, 2.45) is 0 Å². The number of methoxy groups -OCH3 is 1. The molecule has 0 aliphatic carbocycles. The van der Waals surface area contributed by atoms with Crippen molar-refractivity contribution in [3.8, 4) is 11.6 Å². The predicted molar refractivity (Wildman–Crippen MR) is 62.8 cm³/mol. The van der Waals surface area contributed by atoms with Gasteiger partial charge in [0.25, 0.3) is 5.88 Å². The molecule has 0 saturated heterocycles. The summed E-state index contributed by atoms with van der Waals surface area (Å²) in [4.78, 5) is 3.73. The molecular formula is C8H6BrF3INO2. The fraction of sp³-hybridized carbons (Fsp3) is 0.375. The molecule has 0 N–H and O–H groups in total. The number of alkyl halides is 4. The maximum Gasteiger partial charge on any atom is 0.574 e. The maximum atomic E-state index is 12.1. The molecule has 0 fully saturated rings. The van der Waals surface area contributed by atoms with Gasteiger partial charge in [0.1, 0.15) is 0 Å². The first-order chi connectivity index (χ1) is 7.37. The quantitative estimate of drug-likeness (QED) is 0.563. The summed E-state index contributed by atoms with van der Waals surface area (Å²) in [6.07, 6.45) is -4.78. The lowest BCUT2D eigenvalue weighted by molar-refractivity contribution is -0.276. The van der Waals surface area contributed by atoms with Gasteiger partial charge in [0.05, 0.1) is 12.8 Å². The summed E-state index contributed by atoms with van der Waals surface area (Å²) in [5, 5.41) is 0.337. The highest BCUT2D eigenvalue weighted by molar-refractivity contribution is 14.1. The van der Waals surface area contributed by atoms with Crippen molar-refractivity contribution in [1.29, 1.82) is 0 Å². The van der Waals surface area contributed by atoms with Gasteiger partial charge in [-0.2, -0.15) is 0 Å². The summed E-state index contributed by atoms with van der Waals surface area (Å²) in [6.45, 7) is 0. The Morgan fingerprint density at radius 2 is 2.12 bits per heavy atom. The van der Waals surface area contributed by atoms with E-state index >= 15 is 0 Å². The zero-order valence-electron chi connectivity index (χ0n) is 7.94. The third kappa shape index (κ3) is 3.65. The highest BCUT2D eigenvalue weighted by Crippen LogP contribution is 2.32. The first-order valence-corrected chi connectivity index (χ1v) is 6.12. The molecule has 90 valence electrons. The number of ether oxygens (including phenoxy) is 2. The zero-order chi connectivity index (χ0) is 12.3. The van der Waals surface area contributed by atoms with E-state index in [1.807, 2.05) is 22.6 Å². The van der Waals surface area contributed by atoms with Crippen LogP contribution in [0.5, 0.6) is 11.6 Å². The van der Waals surface area contributed by atoms with Crippen LogP contribution in [0, 0.1) is 3.57 Å². The lowest BCUT2D eigenvalue weighted by atomic mass is 10.3. The van der Waals surface area contributed by atoms with Gasteiger partial charge in [0.15, 0.2) is 5.75 Å². The summed E-state index contributed by atoms with van der Waals surface area (Å²) in [7, 11) is 1.25. The van der Waals surface area contributed by atoms with E-state index in [4.69, 9.17) is 4.74 Å². The summed E-state index contributed by atoms with van der Waals surface area (Å²) in [5.74, 6) is -0.628. The Morgan fingerprint density at radius 3 is 2.56 bits per heavy atom. The summed E-state index contributed by atoms with van der Waals surface area (Å²) >= 11 is 5.08. The second kappa shape index (κ2) is 5.39. The average molecular weight is 412 g/mol. The molecule has 3 nitrogen and oxygen atoms in total. The smallest absolute Gasteiger partial charge is 0.491 e. The highest BCUT2D eigenvalue weighted by atomic mass is 127. The molecule has 0 aliphatic rings. The zero-order valence-corrected chi connectivity index (χ0v) is 11.7. The molecular weight excluding hydrogens is 406 g/mol. The molecule has 0 amide bonds. The van der Waals surface area contributed by atoms with Gasteiger partial charge in [-0.05, 0) is 22.6 Å². The van der Waals surface area contributed by atoms with Crippen molar-refractivity contribution in [1.82, 2.24) is 4.98 Å². The molecule has 1 aromatic rings. The average Bonchev–Trinajstić information content (AvgIpc) is 2.18. The molecule has 0 unspecified atom stereocenters. The number of rotatable bonds is 3. The van der Waals surface area contributed by atoms with E-state index in [0.29, 0.717) is 14.6 Å². The van der Waals surface area contributed by atoms with Crippen LogP contribution in [-0.4, -0.2) is 18.5 Å². The maximum absolute atomic E-state index is 12.1. The molecule has 0 saturated carbocycles. The van der Waals surface area contributed by atoms with E-state index < -0.39 is 12.2 Å². The van der Waals surface area contributed by atoms with Crippen LogP contribution in [-0.2, 0) is 5.33 Å². The van der Waals surface area contributed by atoms with Gasteiger partial charge in [0.2, 0.25) is 0 Å². The van der Waals surface area contributed by atoms with E-state index in [2.05, 4.69) is 25.7 Å². The molecule has 8 heteroatoms. The normalized spacial score (nSPS) is 11.4. The summed E-state index contributed by atoms with van der Waals surface area (Å²) in [5.41, 5.74) is 0.459. The van der Waals surface area contributed by atoms with E-state index in [1.165, 1.54) is 13.2 Å². The van der Waals surface area contributed by atoms with Gasteiger partial charge in [-0.3, -0.25) is 0 Å². The van der Waals surface area contributed by atoms with Gasteiger partial charge in [-0.25, -0.2) is 4.98 Å². The summed E-state index contributed by atoms with van der Waals surface area (Å²) in [6, 6.07) is 1.44. The molecule has 1 rings (SSSR count). The van der Waals surface area contributed by atoms with E-state index in [0.717, 1.165) is 0 Å². The van der Waals surface area contributed by atoms with E-state index in [1.54, 1.807) is 0 Å². The van der Waals surface area contributed by atoms with Crippen molar-refractivity contribution in [2.45, 2.75) is 11.7 Å². The van der Waals surface area contributed by atoms with Gasteiger partial charge < -0.3 is 9.47 Å². The molecule has 0 bridgehead atoms. The highest BCUT2D eigenvalue weighted by Gasteiger charge is 2.33. The van der Waals surface area contributed by atoms with Gasteiger partial charge >= 0.3 is 6.36 Å². The second-order valence-corrected chi connectivity index (χ2v) is 4.33. The third-order valence-electron chi connectivity index (χ3n) is 1.54. The molecule has 0 radical (unpaired) electrons. The van der Waals surface area contributed by atoms with Crippen LogP contribution in [0.4, 0.5) is 13.2 Å². The third-order valence-corrected chi connectivity index (χ3v) is 3.00. The minimum absolute atomic E-state index is 0.0496. The first kappa shape index (κ1) is 13.8. The number of hydrogen-bond donors (Lipinski definition) is 0.